The average Bonchev–Trinajstić information content (AvgIpc) is 2.75. The average molecular weight is 364 g/mol. The van der Waals surface area contributed by atoms with Crippen molar-refractivity contribution < 1.29 is 17.9 Å². The lowest BCUT2D eigenvalue weighted by Gasteiger charge is -2.12. The zero-order valence-corrected chi connectivity index (χ0v) is 16.2. The number of benzene rings is 1. The first-order valence-corrected chi connectivity index (χ1v) is 9.51. The SMILES string of the molecule is CCOC(=O)c1c(S(=O)(=O)Nc2ccc(C)cc2C)c(C)n(C)c1C. The van der Waals surface area contributed by atoms with E-state index in [0.29, 0.717) is 17.1 Å². The minimum atomic E-state index is -3.95. The fraction of sp³-hybridized carbons (Fsp3) is 0.389. The first kappa shape index (κ1) is 19.1. The molecular formula is C18H24N2O4S. The van der Waals surface area contributed by atoms with Gasteiger partial charge in [0.15, 0.2) is 0 Å². The maximum absolute atomic E-state index is 13.0. The summed E-state index contributed by atoms with van der Waals surface area (Å²) in [5.41, 5.74) is 3.46. The van der Waals surface area contributed by atoms with Crippen LogP contribution in [0.5, 0.6) is 0 Å². The third-order valence-electron chi connectivity index (χ3n) is 4.30. The molecule has 25 heavy (non-hydrogen) atoms. The van der Waals surface area contributed by atoms with Gasteiger partial charge in [-0.2, -0.15) is 0 Å². The number of ether oxygens (including phenoxy) is 1. The van der Waals surface area contributed by atoms with E-state index in [9.17, 15) is 13.2 Å². The molecule has 7 heteroatoms. The minimum Gasteiger partial charge on any atom is -0.462 e. The predicted molar refractivity (Wildman–Crippen MR) is 97.6 cm³/mol. The monoisotopic (exact) mass is 364 g/mol. The largest absolute Gasteiger partial charge is 0.462 e. The highest BCUT2D eigenvalue weighted by Gasteiger charge is 2.31. The van der Waals surface area contributed by atoms with Gasteiger partial charge in [0.2, 0.25) is 0 Å². The number of aryl methyl sites for hydroxylation is 2. The summed E-state index contributed by atoms with van der Waals surface area (Å²) < 4.78 is 35.4. The number of esters is 1. The standard InChI is InChI=1S/C18H24N2O4S/c1-7-24-18(21)16-13(4)20(6)14(5)17(16)25(22,23)19-15-9-8-11(2)10-12(15)3/h8-10,19H,7H2,1-6H3. The van der Waals surface area contributed by atoms with E-state index in [1.165, 1.54) is 0 Å². The molecular weight excluding hydrogens is 340 g/mol. The zero-order chi connectivity index (χ0) is 18.9. The van der Waals surface area contributed by atoms with Crippen molar-refractivity contribution in [3.05, 3.63) is 46.3 Å². The molecule has 1 heterocycles. The highest BCUT2D eigenvalue weighted by atomic mass is 32.2. The molecule has 0 saturated carbocycles. The summed E-state index contributed by atoms with van der Waals surface area (Å²) in [6, 6.07) is 5.45. The van der Waals surface area contributed by atoms with E-state index in [-0.39, 0.29) is 17.1 Å². The van der Waals surface area contributed by atoms with Crippen molar-refractivity contribution in [2.75, 3.05) is 11.3 Å². The second-order valence-corrected chi connectivity index (χ2v) is 7.70. The Morgan fingerprint density at radius 1 is 1.16 bits per heavy atom. The van der Waals surface area contributed by atoms with Gasteiger partial charge in [0, 0.05) is 18.4 Å². The molecule has 0 unspecified atom stereocenters. The first-order valence-electron chi connectivity index (χ1n) is 8.03. The molecule has 0 saturated heterocycles. The molecule has 1 N–H and O–H groups in total. The van der Waals surface area contributed by atoms with Gasteiger partial charge in [-0.15, -0.1) is 0 Å². The number of nitrogens with zero attached hydrogens (tertiary/aromatic N) is 1. The van der Waals surface area contributed by atoms with Crippen LogP contribution >= 0.6 is 0 Å². The van der Waals surface area contributed by atoms with E-state index >= 15 is 0 Å². The van der Waals surface area contributed by atoms with E-state index in [2.05, 4.69) is 4.72 Å². The summed E-state index contributed by atoms with van der Waals surface area (Å²) in [4.78, 5) is 12.3. The van der Waals surface area contributed by atoms with Crippen molar-refractivity contribution in [1.29, 1.82) is 0 Å². The second kappa shape index (κ2) is 6.92. The quantitative estimate of drug-likeness (QED) is 0.826. The first-order chi connectivity index (χ1) is 11.6. The molecule has 2 rings (SSSR count). The van der Waals surface area contributed by atoms with Crippen molar-refractivity contribution in [1.82, 2.24) is 4.57 Å². The van der Waals surface area contributed by atoms with E-state index in [4.69, 9.17) is 4.74 Å². The van der Waals surface area contributed by atoms with E-state index < -0.39 is 16.0 Å². The van der Waals surface area contributed by atoms with Gasteiger partial charge in [0.05, 0.1) is 12.3 Å². The van der Waals surface area contributed by atoms with Crippen LogP contribution in [-0.2, 0) is 21.8 Å². The number of nitrogens with one attached hydrogen (secondary N) is 1. The molecule has 0 bridgehead atoms. The van der Waals surface area contributed by atoms with Crippen molar-refractivity contribution in [3.8, 4) is 0 Å². The molecule has 0 radical (unpaired) electrons. The topological polar surface area (TPSA) is 77.4 Å². The summed E-state index contributed by atoms with van der Waals surface area (Å²) >= 11 is 0. The maximum Gasteiger partial charge on any atom is 0.341 e. The van der Waals surface area contributed by atoms with Crippen molar-refractivity contribution in [3.63, 3.8) is 0 Å². The normalized spacial score (nSPS) is 11.4. The van der Waals surface area contributed by atoms with E-state index in [1.807, 2.05) is 26.0 Å². The molecule has 1 aromatic heterocycles. The van der Waals surface area contributed by atoms with Crippen LogP contribution in [0.3, 0.4) is 0 Å². The van der Waals surface area contributed by atoms with Crippen molar-refractivity contribution in [2.45, 2.75) is 39.5 Å². The van der Waals surface area contributed by atoms with E-state index in [1.54, 1.807) is 38.5 Å². The van der Waals surface area contributed by atoms with Crippen LogP contribution in [0.15, 0.2) is 23.1 Å². The maximum atomic E-state index is 13.0. The van der Waals surface area contributed by atoms with Crippen molar-refractivity contribution in [2.24, 2.45) is 7.05 Å². The van der Waals surface area contributed by atoms with Crippen molar-refractivity contribution >= 4 is 21.7 Å². The summed E-state index contributed by atoms with van der Waals surface area (Å²) in [5, 5.41) is 0. The van der Waals surface area contributed by atoms with Gasteiger partial charge in [-0.1, -0.05) is 17.7 Å². The van der Waals surface area contributed by atoms with Gasteiger partial charge in [-0.05, 0) is 46.2 Å². The molecule has 0 aliphatic carbocycles. The third-order valence-corrected chi connectivity index (χ3v) is 5.82. The fourth-order valence-electron chi connectivity index (χ4n) is 2.81. The molecule has 0 aliphatic rings. The number of rotatable bonds is 5. The molecule has 2 aromatic rings. The van der Waals surface area contributed by atoms with Gasteiger partial charge in [-0.25, -0.2) is 13.2 Å². The molecule has 0 aliphatic heterocycles. The Labute approximate surface area is 148 Å². The lowest BCUT2D eigenvalue weighted by Crippen LogP contribution is -2.18. The van der Waals surface area contributed by atoms with Crippen LogP contribution in [0.25, 0.3) is 0 Å². The highest BCUT2D eigenvalue weighted by Crippen LogP contribution is 2.29. The molecule has 1 aromatic carbocycles. The molecule has 0 atom stereocenters. The molecule has 136 valence electrons. The van der Waals surface area contributed by atoms with Crippen LogP contribution in [0.2, 0.25) is 0 Å². The summed E-state index contributed by atoms with van der Waals surface area (Å²) in [6.45, 7) is 9.01. The number of aromatic nitrogens is 1. The lowest BCUT2D eigenvalue weighted by atomic mass is 10.1. The van der Waals surface area contributed by atoms with Crippen LogP contribution < -0.4 is 4.72 Å². The summed E-state index contributed by atoms with van der Waals surface area (Å²) in [5.74, 6) is -0.635. The smallest absolute Gasteiger partial charge is 0.341 e. The Balaban J connectivity index is 2.59. The Kier molecular flexibility index (Phi) is 5.27. The van der Waals surface area contributed by atoms with Crippen LogP contribution in [0.1, 0.15) is 39.8 Å². The van der Waals surface area contributed by atoms with Gasteiger partial charge >= 0.3 is 5.97 Å². The van der Waals surface area contributed by atoms with Gasteiger partial charge in [0.25, 0.3) is 10.0 Å². The number of anilines is 1. The Bertz CT molecular complexity index is 927. The lowest BCUT2D eigenvalue weighted by molar-refractivity contribution is 0.0521. The molecule has 0 amide bonds. The number of carbonyl (C=O) groups excluding carboxylic acids is 1. The Morgan fingerprint density at radius 2 is 1.80 bits per heavy atom. The van der Waals surface area contributed by atoms with Crippen LogP contribution in [-0.4, -0.2) is 25.6 Å². The minimum absolute atomic E-state index is 0.0362. The molecule has 0 spiro atoms. The summed E-state index contributed by atoms with van der Waals surface area (Å²) in [7, 11) is -2.22. The van der Waals surface area contributed by atoms with Gasteiger partial charge in [-0.3, -0.25) is 4.72 Å². The number of hydrogen-bond donors (Lipinski definition) is 1. The van der Waals surface area contributed by atoms with E-state index in [0.717, 1.165) is 11.1 Å². The van der Waals surface area contributed by atoms with Crippen LogP contribution in [0, 0.1) is 27.7 Å². The van der Waals surface area contributed by atoms with Gasteiger partial charge < -0.3 is 9.30 Å². The third kappa shape index (κ3) is 3.56. The Hall–Kier alpha value is -2.28. The molecule has 0 fully saturated rings. The number of hydrogen-bond acceptors (Lipinski definition) is 4. The fourth-order valence-corrected chi connectivity index (χ4v) is 4.46. The number of carbonyl (C=O) groups is 1. The second-order valence-electron chi connectivity index (χ2n) is 6.08. The highest BCUT2D eigenvalue weighted by molar-refractivity contribution is 7.92. The van der Waals surface area contributed by atoms with Crippen LogP contribution in [0.4, 0.5) is 5.69 Å². The predicted octanol–water partition coefficient (Wildman–Crippen LogP) is 3.24. The molecule has 6 nitrogen and oxygen atoms in total. The Morgan fingerprint density at radius 3 is 2.36 bits per heavy atom. The number of sulfonamides is 1. The zero-order valence-electron chi connectivity index (χ0n) is 15.4. The van der Waals surface area contributed by atoms with Gasteiger partial charge in [0.1, 0.15) is 10.5 Å². The summed E-state index contributed by atoms with van der Waals surface area (Å²) in [6.07, 6.45) is 0.